The first-order chi connectivity index (χ1) is 8.80. The summed E-state index contributed by atoms with van der Waals surface area (Å²) in [6.45, 7) is 3.72. The van der Waals surface area contributed by atoms with Crippen molar-refractivity contribution in [3.8, 4) is 0 Å². The van der Waals surface area contributed by atoms with Crippen molar-refractivity contribution in [3.05, 3.63) is 35.9 Å². The Morgan fingerprint density at radius 3 is 2.67 bits per heavy atom. The molecule has 2 fully saturated rings. The monoisotopic (exact) mass is 249 g/mol. The predicted molar refractivity (Wildman–Crippen MR) is 67.9 cm³/mol. The Hall–Kier alpha value is -1.23. The number of likely N-dealkylation sites (N-methyl/N-ethyl adjacent to an activating group) is 1. The Morgan fingerprint density at radius 1 is 1.33 bits per heavy atom. The number of carbonyl (C=O) groups is 1. The van der Waals surface area contributed by atoms with Gasteiger partial charge in [-0.15, -0.1) is 0 Å². The zero-order chi connectivity index (χ0) is 13.0. The van der Waals surface area contributed by atoms with E-state index in [2.05, 4.69) is 36.2 Å². The Balaban J connectivity index is 0.000000574. The normalized spacial score (nSPS) is 31.3. The Bertz CT molecular complexity index is 376. The molecule has 4 heteroatoms. The minimum absolute atomic E-state index is 0.143. The van der Waals surface area contributed by atoms with E-state index < -0.39 is 5.91 Å². The van der Waals surface area contributed by atoms with Crippen LogP contribution in [0.3, 0.4) is 0 Å². The average Bonchev–Trinajstić information content (AvgIpc) is 3.03. The van der Waals surface area contributed by atoms with Crippen LogP contribution in [0.1, 0.15) is 24.5 Å². The van der Waals surface area contributed by atoms with Gasteiger partial charge < -0.3 is 14.3 Å². The molecule has 2 aliphatic rings. The minimum atomic E-state index is -0.444. The number of ether oxygens (including phenoxy) is 2. The third kappa shape index (κ3) is 2.32. The summed E-state index contributed by atoms with van der Waals surface area (Å²) in [5, 5.41) is 0. The van der Waals surface area contributed by atoms with Gasteiger partial charge in [0.15, 0.2) is 0 Å². The smallest absolute Gasteiger partial charge is 0.230 e. The molecule has 3 rings (SSSR count). The SMILES string of the molecule is C=O.CN1C[C@H](c2ccccc2)OC12CCCO2. The van der Waals surface area contributed by atoms with Crippen LogP contribution in [0.4, 0.5) is 0 Å². The van der Waals surface area contributed by atoms with Crippen LogP contribution < -0.4 is 0 Å². The highest BCUT2D eigenvalue weighted by molar-refractivity contribution is 5.19. The summed E-state index contributed by atoms with van der Waals surface area (Å²) in [6, 6.07) is 10.4. The fourth-order valence-electron chi connectivity index (χ4n) is 2.57. The number of hydrogen-bond acceptors (Lipinski definition) is 4. The third-order valence-electron chi connectivity index (χ3n) is 3.48. The molecular weight excluding hydrogens is 230 g/mol. The number of benzene rings is 1. The lowest BCUT2D eigenvalue weighted by Crippen LogP contribution is -2.41. The van der Waals surface area contributed by atoms with Gasteiger partial charge in [0.05, 0.1) is 6.61 Å². The van der Waals surface area contributed by atoms with E-state index in [4.69, 9.17) is 14.3 Å². The fourth-order valence-corrected chi connectivity index (χ4v) is 2.57. The molecule has 4 nitrogen and oxygen atoms in total. The lowest BCUT2D eigenvalue weighted by molar-refractivity contribution is -0.255. The highest BCUT2D eigenvalue weighted by Crippen LogP contribution is 2.41. The highest BCUT2D eigenvalue weighted by Gasteiger charge is 2.48. The van der Waals surface area contributed by atoms with E-state index in [9.17, 15) is 0 Å². The van der Waals surface area contributed by atoms with Crippen LogP contribution in [-0.2, 0) is 14.3 Å². The van der Waals surface area contributed by atoms with Crippen molar-refractivity contribution in [3.63, 3.8) is 0 Å². The van der Waals surface area contributed by atoms with E-state index in [-0.39, 0.29) is 6.10 Å². The minimum Gasteiger partial charge on any atom is -0.337 e. The van der Waals surface area contributed by atoms with Crippen molar-refractivity contribution in [1.82, 2.24) is 4.90 Å². The van der Waals surface area contributed by atoms with Crippen molar-refractivity contribution in [2.75, 3.05) is 20.2 Å². The molecule has 0 amide bonds. The van der Waals surface area contributed by atoms with Crippen molar-refractivity contribution in [2.24, 2.45) is 0 Å². The summed E-state index contributed by atoms with van der Waals surface area (Å²) in [5.74, 6) is -0.444. The molecule has 2 atom stereocenters. The second-order valence-corrected chi connectivity index (χ2v) is 4.56. The first kappa shape index (κ1) is 13.2. The molecule has 0 N–H and O–H groups in total. The molecule has 0 aromatic heterocycles. The molecule has 2 aliphatic heterocycles. The summed E-state index contributed by atoms with van der Waals surface area (Å²) < 4.78 is 11.9. The van der Waals surface area contributed by atoms with Gasteiger partial charge in [0.25, 0.3) is 0 Å². The van der Waals surface area contributed by atoms with Gasteiger partial charge >= 0.3 is 0 Å². The summed E-state index contributed by atoms with van der Waals surface area (Å²) >= 11 is 0. The van der Waals surface area contributed by atoms with Crippen molar-refractivity contribution < 1.29 is 14.3 Å². The van der Waals surface area contributed by atoms with E-state index in [0.717, 1.165) is 26.0 Å². The van der Waals surface area contributed by atoms with Gasteiger partial charge in [-0.2, -0.15) is 0 Å². The maximum atomic E-state index is 8.00. The molecule has 0 saturated carbocycles. The van der Waals surface area contributed by atoms with Crippen LogP contribution >= 0.6 is 0 Å². The van der Waals surface area contributed by atoms with Crippen LogP contribution in [0.25, 0.3) is 0 Å². The van der Waals surface area contributed by atoms with Crippen molar-refractivity contribution >= 4 is 6.79 Å². The second-order valence-electron chi connectivity index (χ2n) is 4.56. The number of hydrogen-bond donors (Lipinski definition) is 0. The Kier molecular flexibility index (Phi) is 4.11. The third-order valence-corrected chi connectivity index (χ3v) is 3.48. The first-order valence-corrected chi connectivity index (χ1v) is 6.17. The first-order valence-electron chi connectivity index (χ1n) is 6.17. The van der Waals surface area contributed by atoms with Crippen LogP contribution in [0.5, 0.6) is 0 Å². The molecule has 1 aromatic carbocycles. The maximum Gasteiger partial charge on any atom is 0.230 e. The van der Waals surface area contributed by atoms with E-state index >= 15 is 0 Å². The van der Waals surface area contributed by atoms with Crippen LogP contribution in [0.2, 0.25) is 0 Å². The van der Waals surface area contributed by atoms with Gasteiger partial charge in [-0.05, 0) is 19.0 Å². The summed E-state index contributed by atoms with van der Waals surface area (Å²) in [5.41, 5.74) is 1.24. The maximum absolute atomic E-state index is 8.00. The van der Waals surface area contributed by atoms with Gasteiger partial charge in [-0.1, -0.05) is 30.3 Å². The molecule has 2 saturated heterocycles. The van der Waals surface area contributed by atoms with Gasteiger partial charge in [0, 0.05) is 13.0 Å². The van der Waals surface area contributed by atoms with Gasteiger partial charge in [0.1, 0.15) is 12.9 Å². The highest BCUT2D eigenvalue weighted by atomic mass is 16.7. The van der Waals surface area contributed by atoms with Crippen molar-refractivity contribution in [2.45, 2.75) is 24.9 Å². The molecule has 18 heavy (non-hydrogen) atoms. The lowest BCUT2D eigenvalue weighted by atomic mass is 10.1. The van der Waals surface area contributed by atoms with Gasteiger partial charge in [-0.25, -0.2) is 0 Å². The van der Waals surface area contributed by atoms with Gasteiger partial charge in [-0.3, -0.25) is 4.90 Å². The van der Waals surface area contributed by atoms with Crippen molar-refractivity contribution in [1.29, 1.82) is 0 Å². The number of rotatable bonds is 1. The fraction of sp³-hybridized carbons (Fsp3) is 0.500. The molecular formula is C14H19NO3. The van der Waals surface area contributed by atoms with Crippen LogP contribution in [-0.4, -0.2) is 37.8 Å². The van der Waals surface area contributed by atoms with Crippen LogP contribution in [0, 0.1) is 0 Å². The number of carbonyl (C=O) groups excluding carboxylic acids is 1. The van der Waals surface area contributed by atoms with Crippen LogP contribution in [0.15, 0.2) is 30.3 Å². The van der Waals surface area contributed by atoms with E-state index in [1.165, 1.54) is 5.56 Å². The largest absolute Gasteiger partial charge is 0.337 e. The topological polar surface area (TPSA) is 38.8 Å². The quantitative estimate of drug-likeness (QED) is 0.762. The molecule has 0 radical (unpaired) electrons. The van der Waals surface area contributed by atoms with E-state index in [1.54, 1.807) is 0 Å². The number of nitrogens with zero attached hydrogens (tertiary/aromatic N) is 1. The average molecular weight is 249 g/mol. The standard InChI is InChI=1S/C13H17NO2.CH2O/c1-14-10-12(11-6-3-2-4-7-11)16-13(14)8-5-9-15-13;1-2/h2-4,6-7,12H,5,8-10H2,1H3;1H2/t12-,13?;/m1./s1. The molecule has 0 aliphatic carbocycles. The summed E-state index contributed by atoms with van der Waals surface area (Å²) in [6.07, 6.45) is 2.21. The second kappa shape index (κ2) is 5.61. The predicted octanol–water partition coefficient (Wildman–Crippen LogP) is 1.97. The van der Waals surface area contributed by atoms with Gasteiger partial charge in [0.2, 0.25) is 5.91 Å². The molecule has 2 heterocycles. The zero-order valence-corrected chi connectivity index (χ0v) is 10.7. The molecule has 1 unspecified atom stereocenters. The summed E-state index contributed by atoms with van der Waals surface area (Å²) in [7, 11) is 2.08. The van der Waals surface area contributed by atoms with E-state index in [1.807, 2.05) is 12.9 Å². The Labute approximate surface area is 107 Å². The summed E-state index contributed by atoms with van der Waals surface area (Å²) in [4.78, 5) is 10.2. The Morgan fingerprint density at radius 2 is 2.06 bits per heavy atom. The lowest BCUT2D eigenvalue weighted by Gasteiger charge is -2.28. The molecule has 1 spiro atoms. The molecule has 1 aromatic rings. The zero-order valence-electron chi connectivity index (χ0n) is 10.7. The molecule has 0 bridgehead atoms. The van der Waals surface area contributed by atoms with E-state index in [0.29, 0.717) is 0 Å². The molecule has 98 valence electrons.